The fourth-order valence-electron chi connectivity index (χ4n) is 3.86. The summed E-state index contributed by atoms with van der Waals surface area (Å²) in [4.78, 5) is 0. The van der Waals surface area contributed by atoms with Crippen LogP contribution in [0.2, 0.25) is 0 Å². The number of para-hydroxylation sites is 1. The minimum atomic E-state index is 0.424. The summed E-state index contributed by atoms with van der Waals surface area (Å²) in [6.07, 6.45) is 6.75. The number of hydrazone groups is 1. The molecule has 0 aromatic heterocycles. The summed E-state index contributed by atoms with van der Waals surface area (Å²) in [6, 6.07) is 6.19. The smallest absolute Gasteiger partial charge is 0.191 e. The molecular weight excluding hydrogens is 302 g/mol. The topological polar surface area (TPSA) is 36.4 Å². The lowest BCUT2D eigenvalue weighted by molar-refractivity contribution is -0.00126. The van der Waals surface area contributed by atoms with Gasteiger partial charge in [0.05, 0.1) is 6.21 Å². The van der Waals surface area contributed by atoms with Crippen LogP contribution in [0.25, 0.3) is 0 Å². The molecule has 1 fully saturated rings. The highest BCUT2D eigenvalue weighted by molar-refractivity contribution is 7.80. The summed E-state index contributed by atoms with van der Waals surface area (Å²) < 4.78 is 0. The molecule has 4 rings (SSSR count). The van der Waals surface area contributed by atoms with Gasteiger partial charge in [-0.25, -0.2) is 0 Å². The van der Waals surface area contributed by atoms with Crippen LogP contribution in [-0.4, -0.2) is 11.3 Å². The molecule has 23 heavy (non-hydrogen) atoms. The molecule has 1 aromatic carbocycles. The number of nitrogens with one attached hydrogen (secondary N) is 2. The Balaban J connectivity index is 1.58. The summed E-state index contributed by atoms with van der Waals surface area (Å²) in [5, 5.41) is 8.11. The van der Waals surface area contributed by atoms with Crippen LogP contribution < -0.4 is 10.7 Å². The highest BCUT2D eigenvalue weighted by atomic mass is 32.1. The van der Waals surface area contributed by atoms with Gasteiger partial charge in [0.25, 0.3) is 0 Å². The monoisotopic (exact) mass is 327 g/mol. The molecule has 3 aliphatic carbocycles. The van der Waals surface area contributed by atoms with Crippen molar-refractivity contribution in [2.45, 2.75) is 40.5 Å². The fourth-order valence-corrected chi connectivity index (χ4v) is 4.02. The zero-order valence-corrected chi connectivity index (χ0v) is 15.1. The van der Waals surface area contributed by atoms with E-state index in [1.54, 1.807) is 0 Å². The number of thiocarbonyl (C=S) groups is 1. The number of hydrogen-bond donors (Lipinski definition) is 2. The average Bonchev–Trinajstić information content (AvgIpc) is 2.51. The Morgan fingerprint density at radius 3 is 2.61 bits per heavy atom. The molecule has 0 unspecified atom stereocenters. The van der Waals surface area contributed by atoms with Crippen molar-refractivity contribution in [2.75, 3.05) is 5.32 Å². The van der Waals surface area contributed by atoms with Gasteiger partial charge >= 0.3 is 0 Å². The lowest BCUT2D eigenvalue weighted by Crippen LogP contribution is -2.48. The minimum Gasteiger partial charge on any atom is -0.331 e. The first-order valence-electron chi connectivity index (χ1n) is 8.26. The molecule has 4 heteroatoms. The molecule has 2 N–H and O–H groups in total. The SMILES string of the molecule is Cc1cccc(C)c1NC(=S)N/N=C\C1=CC[C@H]2C[C@@H]1C2(C)C. The molecule has 0 spiro atoms. The van der Waals surface area contributed by atoms with E-state index in [9.17, 15) is 0 Å². The number of hydrogen-bond acceptors (Lipinski definition) is 2. The first-order chi connectivity index (χ1) is 10.9. The Morgan fingerprint density at radius 1 is 1.30 bits per heavy atom. The van der Waals surface area contributed by atoms with Crippen molar-refractivity contribution < 1.29 is 0 Å². The van der Waals surface area contributed by atoms with Gasteiger partial charge in [-0.15, -0.1) is 0 Å². The molecular formula is C19H25N3S. The first kappa shape index (κ1) is 16.2. The van der Waals surface area contributed by atoms with Gasteiger partial charge in [0, 0.05) is 5.69 Å². The molecule has 1 saturated carbocycles. The zero-order valence-electron chi connectivity index (χ0n) is 14.3. The van der Waals surface area contributed by atoms with E-state index in [2.05, 4.69) is 61.7 Å². The molecule has 0 amide bonds. The van der Waals surface area contributed by atoms with E-state index in [4.69, 9.17) is 12.2 Å². The van der Waals surface area contributed by atoms with E-state index in [0.29, 0.717) is 16.4 Å². The number of aryl methyl sites for hydroxylation is 2. The third kappa shape index (κ3) is 3.05. The minimum absolute atomic E-state index is 0.424. The predicted octanol–water partition coefficient (Wildman–Crippen LogP) is 4.57. The van der Waals surface area contributed by atoms with E-state index in [0.717, 1.165) is 11.6 Å². The van der Waals surface area contributed by atoms with Gasteiger partial charge in [0.15, 0.2) is 5.11 Å². The van der Waals surface area contributed by atoms with E-state index >= 15 is 0 Å². The lowest BCUT2D eigenvalue weighted by Gasteiger charge is -2.55. The maximum Gasteiger partial charge on any atom is 0.191 e. The van der Waals surface area contributed by atoms with Crippen molar-refractivity contribution in [2.24, 2.45) is 22.4 Å². The van der Waals surface area contributed by atoms with Crippen molar-refractivity contribution >= 4 is 29.2 Å². The van der Waals surface area contributed by atoms with Gasteiger partial charge in [0.1, 0.15) is 0 Å². The zero-order chi connectivity index (χ0) is 16.6. The van der Waals surface area contributed by atoms with Gasteiger partial charge in [-0.2, -0.15) is 5.10 Å². The molecule has 1 aromatic rings. The summed E-state index contributed by atoms with van der Waals surface area (Å²) in [7, 11) is 0. The van der Waals surface area contributed by atoms with Gasteiger partial charge < -0.3 is 5.32 Å². The van der Waals surface area contributed by atoms with Gasteiger partial charge in [-0.3, -0.25) is 5.43 Å². The van der Waals surface area contributed by atoms with Crippen molar-refractivity contribution in [3.05, 3.63) is 41.0 Å². The second-order valence-corrected chi connectivity index (χ2v) is 7.75. The van der Waals surface area contributed by atoms with E-state index < -0.39 is 0 Å². The van der Waals surface area contributed by atoms with Crippen molar-refractivity contribution in [3.63, 3.8) is 0 Å². The Kier molecular flexibility index (Phi) is 4.28. The normalized spacial score (nSPS) is 24.8. The number of allylic oxidation sites excluding steroid dienone is 2. The standard InChI is InChI=1S/C19H25N3S/c1-12-6-5-7-13(2)17(12)21-18(23)22-20-11-14-8-9-15-10-16(14)19(15,3)4/h5-8,11,15-16H,9-10H2,1-4H3,(H2,21,22,23)/b20-11-/t15-,16-/m0/s1. The van der Waals surface area contributed by atoms with E-state index in [1.165, 1.54) is 29.5 Å². The average molecular weight is 327 g/mol. The second kappa shape index (κ2) is 6.08. The number of fused-ring (bicyclic) bond motifs is 1. The van der Waals surface area contributed by atoms with Gasteiger partial charge in [-0.05, 0) is 72.9 Å². The molecule has 2 atom stereocenters. The molecule has 0 heterocycles. The first-order valence-corrected chi connectivity index (χ1v) is 8.66. The Labute approximate surface area is 144 Å². The Bertz CT molecular complexity index is 668. The molecule has 0 radical (unpaired) electrons. The van der Waals surface area contributed by atoms with Crippen molar-refractivity contribution in [1.29, 1.82) is 0 Å². The van der Waals surface area contributed by atoms with E-state index in [-0.39, 0.29) is 0 Å². The maximum absolute atomic E-state index is 5.35. The quantitative estimate of drug-likeness (QED) is 0.485. The Morgan fingerprint density at radius 2 is 2.00 bits per heavy atom. The number of nitrogens with zero attached hydrogens (tertiary/aromatic N) is 1. The number of rotatable bonds is 3. The summed E-state index contributed by atoms with van der Waals surface area (Å²) in [6.45, 7) is 8.88. The highest BCUT2D eigenvalue weighted by Crippen LogP contribution is 2.58. The molecule has 3 aliphatic rings. The third-order valence-corrected chi connectivity index (χ3v) is 5.80. The largest absolute Gasteiger partial charge is 0.331 e. The molecule has 0 saturated heterocycles. The van der Waals surface area contributed by atoms with Crippen LogP contribution in [0.4, 0.5) is 5.69 Å². The highest BCUT2D eigenvalue weighted by Gasteiger charge is 2.50. The summed E-state index contributed by atoms with van der Waals surface area (Å²) >= 11 is 5.35. The van der Waals surface area contributed by atoms with Crippen LogP contribution >= 0.6 is 12.2 Å². The number of benzene rings is 1. The predicted molar refractivity (Wildman–Crippen MR) is 102 cm³/mol. The summed E-state index contributed by atoms with van der Waals surface area (Å²) in [5.74, 6) is 1.50. The molecule has 122 valence electrons. The second-order valence-electron chi connectivity index (χ2n) is 7.34. The van der Waals surface area contributed by atoms with Gasteiger partial charge in [0.2, 0.25) is 0 Å². The van der Waals surface area contributed by atoms with Crippen LogP contribution in [0.5, 0.6) is 0 Å². The Hall–Kier alpha value is -1.68. The summed E-state index contributed by atoms with van der Waals surface area (Å²) in [5.41, 5.74) is 8.13. The maximum atomic E-state index is 5.35. The van der Waals surface area contributed by atoms with Crippen molar-refractivity contribution in [3.8, 4) is 0 Å². The third-order valence-electron chi connectivity index (χ3n) is 5.61. The van der Waals surface area contributed by atoms with Crippen LogP contribution in [-0.2, 0) is 0 Å². The van der Waals surface area contributed by atoms with Crippen molar-refractivity contribution in [1.82, 2.24) is 5.43 Å². The number of anilines is 1. The van der Waals surface area contributed by atoms with Crippen LogP contribution in [0.3, 0.4) is 0 Å². The molecule has 2 bridgehead atoms. The van der Waals surface area contributed by atoms with Crippen LogP contribution in [0, 0.1) is 31.1 Å². The van der Waals surface area contributed by atoms with Crippen LogP contribution in [0.1, 0.15) is 37.8 Å². The van der Waals surface area contributed by atoms with E-state index in [1.807, 2.05) is 12.3 Å². The fraction of sp³-hybridized carbons (Fsp3) is 0.474. The van der Waals surface area contributed by atoms with Crippen LogP contribution in [0.15, 0.2) is 34.9 Å². The van der Waals surface area contributed by atoms with Gasteiger partial charge in [-0.1, -0.05) is 38.1 Å². The lowest BCUT2D eigenvalue weighted by atomic mass is 9.49. The molecule has 0 aliphatic heterocycles. The molecule has 3 nitrogen and oxygen atoms in total.